The van der Waals surface area contributed by atoms with Gasteiger partial charge in [-0.25, -0.2) is 0 Å². The number of hydrogen-bond acceptors (Lipinski definition) is 8. The quantitative estimate of drug-likeness (QED) is 0.351. The van der Waals surface area contributed by atoms with Crippen LogP contribution in [-0.4, -0.2) is 21.4 Å². The first-order chi connectivity index (χ1) is 18.2. The SMILES string of the molecule is CC1(C)CC(=O)C2=C(C1)NC1=C(C(=O)CC(C)(C)C1)C2c1cccc(Oc2ccc([N+](=O)[O-])cc2[N+](=O)[O-])c1. The third-order valence-corrected chi connectivity index (χ3v) is 7.49. The number of dihydropyridines is 1. The molecule has 0 unspecified atom stereocenters. The number of nitrogens with zero attached hydrogens (tertiary/aromatic N) is 2. The maximum Gasteiger partial charge on any atom is 0.318 e. The normalized spacial score (nSPS) is 20.2. The summed E-state index contributed by atoms with van der Waals surface area (Å²) < 4.78 is 5.85. The number of rotatable bonds is 5. The Labute approximate surface area is 225 Å². The van der Waals surface area contributed by atoms with E-state index in [4.69, 9.17) is 4.74 Å². The van der Waals surface area contributed by atoms with Crippen LogP contribution in [0, 0.1) is 31.1 Å². The fraction of sp³-hybridized carbons (Fsp3) is 0.379. The van der Waals surface area contributed by atoms with Crippen molar-refractivity contribution >= 4 is 22.9 Å². The number of Topliss-reactive ketones (excluding diaryl/α,β-unsaturated/α-hetero) is 2. The number of hydrogen-bond donors (Lipinski definition) is 1. The molecule has 0 radical (unpaired) electrons. The Kier molecular flexibility index (Phi) is 6.16. The number of non-ortho nitro benzene ring substituents is 1. The minimum atomic E-state index is -0.738. The molecule has 0 amide bonds. The lowest BCUT2D eigenvalue weighted by Gasteiger charge is -2.44. The summed E-state index contributed by atoms with van der Waals surface area (Å²) in [6.07, 6.45) is 2.05. The van der Waals surface area contributed by atoms with Gasteiger partial charge in [0, 0.05) is 47.4 Å². The van der Waals surface area contributed by atoms with Gasteiger partial charge in [0.15, 0.2) is 11.6 Å². The fourth-order valence-electron chi connectivity index (χ4n) is 5.96. The lowest BCUT2D eigenvalue weighted by molar-refractivity contribution is -0.394. The summed E-state index contributed by atoms with van der Waals surface area (Å²) in [5.74, 6) is -0.516. The first-order valence-corrected chi connectivity index (χ1v) is 12.7. The van der Waals surface area contributed by atoms with E-state index < -0.39 is 27.1 Å². The van der Waals surface area contributed by atoms with Crippen molar-refractivity contribution in [2.45, 2.75) is 59.3 Å². The standard InChI is InChI=1S/C29H29N3O7/c1-28(2)12-19-26(22(33)14-28)25(27-20(30-19)13-29(3,4)15-23(27)34)16-6-5-7-18(10-16)39-24-9-8-17(31(35)36)11-21(24)32(37)38/h5-11,25,30H,12-15H2,1-4H3. The van der Waals surface area contributed by atoms with E-state index in [2.05, 4.69) is 33.0 Å². The van der Waals surface area contributed by atoms with Crippen LogP contribution in [0.1, 0.15) is 64.9 Å². The third kappa shape index (κ3) is 4.94. The smallest absolute Gasteiger partial charge is 0.318 e. The van der Waals surface area contributed by atoms with Crippen LogP contribution in [0.25, 0.3) is 0 Å². The molecule has 10 heteroatoms. The van der Waals surface area contributed by atoms with Gasteiger partial charge in [0.1, 0.15) is 5.75 Å². The van der Waals surface area contributed by atoms with Gasteiger partial charge in [0.2, 0.25) is 5.75 Å². The van der Waals surface area contributed by atoms with Crippen molar-refractivity contribution in [1.29, 1.82) is 0 Å². The maximum absolute atomic E-state index is 13.5. The molecule has 2 aromatic rings. The van der Waals surface area contributed by atoms with E-state index in [1.165, 1.54) is 6.07 Å². The van der Waals surface area contributed by atoms with Gasteiger partial charge >= 0.3 is 5.69 Å². The molecule has 0 spiro atoms. The van der Waals surface area contributed by atoms with E-state index in [0.717, 1.165) is 23.5 Å². The summed E-state index contributed by atoms with van der Waals surface area (Å²) in [6.45, 7) is 8.21. The Hall–Kier alpha value is -4.34. The van der Waals surface area contributed by atoms with E-state index in [1.807, 2.05) is 6.07 Å². The number of ether oxygens (including phenoxy) is 1. The molecule has 0 saturated heterocycles. The monoisotopic (exact) mass is 531 g/mol. The van der Waals surface area contributed by atoms with Crippen molar-refractivity contribution in [3.05, 3.63) is 90.8 Å². The number of nitrogens with one attached hydrogen (secondary N) is 1. The van der Waals surface area contributed by atoms with Crippen molar-refractivity contribution in [2.24, 2.45) is 10.8 Å². The van der Waals surface area contributed by atoms with Crippen molar-refractivity contribution < 1.29 is 24.2 Å². The molecule has 0 aromatic heterocycles. The summed E-state index contributed by atoms with van der Waals surface area (Å²) in [5.41, 5.74) is 2.10. The number of ketones is 2. The molecule has 0 saturated carbocycles. The van der Waals surface area contributed by atoms with Crippen molar-refractivity contribution in [3.8, 4) is 11.5 Å². The van der Waals surface area contributed by atoms with Gasteiger partial charge in [-0.1, -0.05) is 39.8 Å². The predicted molar refractivity (Wildman–Crippen MR) is 142 cm³/mol. The molecule has 0 bridgehead atoms. The topological polar surface area (TPSA) is 142 Å². The highest BCUT2D eigenvalue weighted by Crippen LogP contribution is 2.51. The van der Waals surface area contributed by atoms with Crippen LogP contribution >= 0.6 is 0 Å². The van der Waals surface area contributed by atoms with Crippen LogP contribution in [0.15, 0.2) is 65.0 Å². The minimum absolute atomic E-state index is 0.0136. The summed E-state index contributed by atoms with van der Waals surface area (Å²) in [4.78, 5) is 48.3. The molecule has 1 N–H and O–H groups in total. The van der Waals surface area contributed by atoms with Crippen molar-refractivity contribution in [2.75, 3.05) is 0 Å². The van der Waals surface area contributed by atoms with Gasteiger partial charge in [0.05, 0.1) is 15.9 Å². The Morgan fingerprint density at radius 2 is 1.41 bits per heavy atom. The molecule has 1 heterocycles. The molecule has 5 rings (SSSR count). The first-order valence-electron chi connectivity index (χ1n) is 12.7. The average Bonchev–Trinajstić information content (AvgIpc) is 2.81. The molecule has 10 nitrogen and oxygen atoms in total. The Bertz CT molecular complexity index is 1460. The minimum Gasteiger partial charge on any atom is -0.450 e. The lowest BCUT2D eigenvalue weighted by Crippen LogP contribution is -2.42. The van der Waals surface area contributed by atoms with Gasteiger partial charge in [0.25, 0.3) is 5.69 Å². The van der Waals surface area contributed by atoms with Crippen LogP contribution in [0.3, 0.4) is 0 Å². The zero-order valence-electron chi connectivity index (χ0n) is 22.2. The molecule has 0 atom stereocenters. The second-order valence-electron chi connectivity index (χ2n) is 12.1. The number of nitro benzene ring substituents is 2. The Balaban J connectivity index is 1.60. The highest BCUT2D eigenvalue weighted by molar-refractivity contribution is 6.06. The third-order valence-electron chi connectivity index (χ3n) is 7.49. The van der Waals surface area contributed by atoms with E-state index in [-0.39, 0.29) is 33.9 Å². The molecule has 0 fully saturated rings. The molecule has 2 aliphatic carbocycles. The molecular weight excluding hydrogens is 502 g/mol. The second-order valence-corrected chi connectivity index (χ2v) is 12.1. The first kappa shape index (κ1) is 26.3. The molecule has 39 heavy (non-hydrogen) atoms. The fourth-order valence-corrected chi connectivity index (χ4v) is 5.96. The lowest BCUT2D eigenvalue weighted by atomic mass is 9.64. The number of nitro groups is 2. The van der Waals surface area contributed by atoms with Gasteiger partial charge in [-0.3, -0.25) is 29.8 Å². The van der Waals surface area contributed by atoms with Crippen LogP contribution in [-0.2, 0) is 9.59 Å². The van der Waals surface area contributed by atoms with Gasteiger partial charge < -0.3 is 10.1 Å². The predicted octanol–water partition coefficient (Wildman–Crippen LogP) is 6.27. The summed E-state index contributed by atoms with van der Waals surface area (Å²) >= 11 is 0. The molecule has 202 valence electrons. The largest absolute Gasteiger partial charge is 0.450 e. The summed E-state index contributed by atoms with van der Waals surface area (Å²) in [5, 5.41) is 26.2. The van der Waals surface area contributed by atoms with Gasteiger partial charge in [-0.2, -0.15) is 0 Å². The molecular formula is C29H29N3O7. The molecule has 3 aliphatic rings. The van der Waals surface area contributed by atoms with E-state index in [9.17, 15) is 29.8 Å². The second kappa shape index (κ2) is 9.14. The maximum atomic E-state index is 13.5. The van der Waals surface area contributed by atoms with Crippen LogP contribution < -0.4 is 10.1 Å². The zero-order chi connectivity index (χ0) is 28.3. The summed E-state index contributed by atoms with van der Waals surface area (Å²) in [6, 6.07) is 9.99. The number of benzene rings is 2. The Morgan fingerprint density at radius 1 is 0.821 bits per heavy atom. The van der Waals surface area contributed by atoms with E-state index in [1.54, 1.807) is 18.2 Å². The van der Waals surface area contributed by atoms with Gasteiger partial charge in [-0.15, -0.1) is 0 Å². The summed E-state index contributed by atoms with van der Waals surface area (Å²) in [7, 11) is 0. The highest BCUT2D eigenvalue weighted by Gasteiger charge is 2.46. The Morgan fingerprint density at radius 3 is 1.95 bits per heavy atom. The number of carbonyl (C=O) groups is 2. The average molecular weight is 532 g/mol. The van der Waals surface area contributed by atoms with E-state index >= 15 is 0 Å². The zero-order valence-corrected chi connectivity index (χ0v) is 22.2. The van der Waals surface area contributed by atoms with Crippen LogP contribution in [0.5, 0.6) is 11.5 Å². The molecule has 2 aromatic carbocycles. The van der Waals surface area contributed by atoms with Crippen molar-refractivity contribution in [1.82, 2.24) is 5.32 Å². The van der Waals surface area contributed by atoms with E-state index in [0.29, 0.717) is 42.4 Å². The number of allylic oxidation sites excluding steroid dienone is 4. The number of carbonyl (C=O) groups excluding carboxylic acids is 2. The van der Waals surface area contributed by atoms with Crippen molar-refractivity contribution in [3.63, 3.8) is 0 Å². The van der Waals surface area contributed by atoms with Crippen LogP contribution in [0.2, 0.25) is 0 Å². The highest BCUT2D eigenvalue weighted by atomic mass is 16.6. The molecule has 1 aliphatic heterocycles. The van der Waals surface area contributed by atoms with Crippen LogP contribution in [0.4, 0.5) is 11.4 Å². The van der Waals surface area contributed by atoms with Gasteiger partial charge in [-0.05, 0) is 47.4 Å².